The van der Waals surface area contributed by atoms with E-state index in [2.05, 4.69) is 0 Å². The van der Waals surface area contributed by atoms with Crippen molar-refractivity contribution >= 4 is 5.97 Å². The second-order valence-corrected chi connectivity index (χ2v) is 2.28. The molecule has 0 radical (unpaired) electrons. The van der Waals surface area contributed by atoms with Gasteiger partial charge in [0, 0.05) is 5.56 Å². The van der Waals surface area contributed by atoms with Crippen LogP contribution >= 0.6 is 0 Å². The van der Waals surface area contributed by atoms with Gasteiger partial charge in [0.1, 0.15) is 12.4 Å². The van der Waals surface area contributed by atoms with Crippen molar-refractivity contribution in [1.82, 2.24) is 0 Å². The molecule has 0 spiro atoms. The number of aromatic carboxylic acids is 1. The van der Waals surface area contributed by atoms with E-state index in [1.165, 1.54) is 12.1 Å². The van der Waals surface area contributed by atoms with E-state index < -0.39 is 12.6 Å². The summed E-state index contributed by atoms with van der Waals surface area (Å²) >= 11 is 0. The van der Waals surface area contributed by atoms with Crippen molar-refractivity contribution in [3.05, 3.63) is 29.3 Å². The van der Waals surface area contributed by atoms with Crippen LogP contribution in [-0.4, -0.2) is 16.2 Å². The molecule has 3 nitrogen and oxygen atoms in total. The molecule has 0 atom stereocenters. The number of carboxylic acid groups (broad SMARTS) is 1. The van der Waals surface area contributed by atoms with E-state index in [0.717, 1.165) is 6.07 Å². The molecule has 0 saturated heterocycles. The number of aromatic hydroxyl groups is 1. The Hall–Kier alpha value is -1.58. The summed E-state index contributed by atoms with van der Waals surface area (Å²) in [5.74, 6) is -1.32. The molecule has 2 N–H and O–H groups in total. The fraction of sp³-hybridized carbons (Fsp3) is 0.125. The zero-order valence-corrected chi connectivity index (χ0v) is 6.12. The van der Waals surface area contributed by atoms with E-state index in [-0.39, 0.29) is 16.9 Å². The van der Waals surface area contributed by atoms with Crippen LogP contribution in [0, 0.1) is 0 Å². The number of phenolic OH excluding ortho intramolecular Hbond substituents is 1. The summed E-state index contributed by atoms with van der Waals surface area (Å²) in [6, 6.07) is 3.48. The van der Waals surface area contributed by atoms with Crippen LogP contribution in [0.15, 0.2) is 18.2 Å². The van der Waals surface area contributed by atoms with Crippen LogP contribution in [0.2, 0.25) is 0 Å². The number of hydrogen-bond acceptors (Lipinski definition) is 2. The third kappa shape index (κ3) is 1.53. The highest BCUT2D eigenvalue weighted by Gasteiger charge is 2.09. The predicted octanol–water partition coefficient (Wildman–Crippen LogP) is 1.56. The molecule has 0 amide bonds. The van der Waals surface area contributed by atoms with E-state index in [1.807, 2.05) is 0 Å². The first kappa shape index (κ1) is 8.52. The number of phenols is 1. The third-order valence-electron chi connectivity index (χ3n) is 1.46. The van der Waals surface area contributed by atoms with Crippen LogP contribution in [0.1, 0.15) is 15.9 Å². The maximum atomic E-state index is 12.2. The molecular weight excluding hydrogens is 163 g/mol. The van der Waals surface area contributed by atoms with Crippen molar-refractivity contribution < 1.29 is 19.4 Å². The minimum atomic E-state index is -1.19. The van der Waals surface area contributed by atoms with Gasteiger partial charge in [-0.25, -0.2) is 9.18 Å². The number of benzene rings is 1. The summed E-state index contributed by atoms with van der Waals surface area (Å²) in [6.45, 7) is -0.893. The lowest BCUT2D eigenvalue weighted by Crippen LogP contribution is -2.00. The lowest BCUT2D eigenvalue weighted by Gasteiger charge is -2.01. The van der Waals surface area contributed by atoms with Gasteiger partial charge < -0.3 is 10.2 Å². The fourth-order valence-electron chi connectivity index (χ4n) is 0.899. The Morgan fingerprint density at radius 3 is 2.67 bits per heavy atom. The average molecular weight is 170 g/mol. The number of halogens is 1. The first-order valence-corrected chi connectivity index (χ1v) is 3.26. The van der Waals surface area contributed by atoms with Gasteiger partial charge in [-0.1, -0.05) is 0 Å². The van der Waals surface area contributed by atoms with Crippen molar-refractivity contribution in [2.75, 3.05) is 0 Å². The van der Waals surface area contributed by atoms with Crippen LogP contribution in [0.3, 0.4) is 0 Å². The van der Waals surface area contributed by atoms with Crippen LogP contribution in [0.4, 0.5) is 4.39 Å². The Balaban J connectivity index is 3.20. The van der Waals surface area contributed by atoms with Gasteiger partial charge in [-0.3, -0.25) is 0 Å². The molecule has 0 bridgehead atoms. The van der Waals surface area contributed by atoms with E-state index in [4.69, 9.17) is 10.2 Å². The van der Waals surface area contributed by atoms with Crippen LogP contribution in [0.5, 0.6) is 5.75 Å². The summed E-state index contributed by atoms with van der Waals surface area (Å²) in [5, 5.41) is 17.4. The topological polar surface area (TPSA) is 57.5 Å². The molecular formula is C8H7FO3. The van der Waals surface area contributed by atoms with E-state index in [9.17, 15) is 9.18 Å². The maximum absolute atomic E-state index is 12.2. The Kier molecular flexibility index (Phi) is 2.28. The van der Waals surface area contributed by atoms with Gasteiger partial charge in [0.2, 0.25) is 0 Å². The van der Waals surface area contributed by atoms with E-state index in [1.54, 1.807) is 0 Å². The average Bonchev–Trinajstić information content (AvgIpc) is 2.03. The molecule has 0 saturated carbocycles. The van der Waals surface area contributed by atoms with E-state index in [0.29, 0.717) is 0 Å². The van der Waals surface area contributed by atoms with Crippen LogP contribution < -0.4 is 0 Å². The van der Waals surface area contributed by atoms with Crippen molar-refractivity contribution in [2.24, 2.45) is 0 Å². The van der Waals surface area contributed by atoms with Crippen molar-refractivity contribution in [2.45, 2.75) is 6.67 Å². The van der Waals surface area contributed by atoms with Gasteiger partial charge in [-0.15, -0.1) is 0 Å². The van der Waals surface area contributed by atoms with Gasteiger partial charge in [0.15, 0.2) is 0 Å². The zero-order valence-electron chi connectivity index (χ0n) is 6.12. The predicted molar refractivity (Wildman–Crippen MR) is 39.9 cm³/mol. The molecule has 1 rings (SSSR count). The highest BCUT2D eigenvalue weighted by molar-refractivity contribution is 5.89. The standard InChI is InChI=1S/C8H7FO3/c9-4-5-3-6(10)1-2-7(5)8(11)12/h1-3,10H,4H2,(H,11,12). The normalized spacial score (nSPS) is 9.75. The summed E-state index contributed by atoms with van der Waals surface area (Å²) in [4.78, 5) is 10.4. The molecule has 12 heavy (non-hydrogen) atoms. The summed E-state index contributed by atoms with van der Waals surface area (Å²) < 4.78 is 12.2. The maximum Gasteiger partial charge on any atom is 0.336 e. The van der Waals surface area contributed by atoms with Crippen LogP contribution in [0.25, 0.3) is 0 Å². The van der Waals surface area contributed by atoms with Crippen LogP contribution in [-0.2, 0) is 6.67 Å². The number of rotatable bonds is 2. The largest absolute Gasteiger partial charge is 0.508 e. The first-order chi connectivity index (χ1) is 5.65. The number of carboxylic acids is 1. The Morgan fingerprint density at radius 2 is 2.17 bits per heavy atom. The van der Waals surface area contributed by atoms with Gasteiger partial charge >= 0.3 is 5.97 Å². The van der Waals surface area contributed by atoms with Gasteiger partial charge in [-0.05, 0) is 18.2 Å². The third-order valence-corrected chi connectivity index (χ3v) is 1.46. The quantitative estimate of drug-likeness (QED) is 0.708. The van der Waals surface area contributed by atoms with E-state index >= 15 is 0 Å². The van der Waals surface area contributed by atoms with Gasteiger partial charge in [0.25, 0.3) is 0 Å². The molecule has 0 aromatic heterocycles. The monoisotopic (exact) mass is 170 g/mol. The molecule has 64 valence electrons. The minimum Gasteiger partial charge on any atom is -0.508 e. The van der Waals surface area contributed by atoms with Gasteiger partial charge in [0.05, 0.1) is 5.56 Å². The molecule has 0 fully saturated rings. The Labute approximate surface area is 68.1 Å². The summed E-state index contributed by atoms with van der Waals surface area (Å²) in [7, 11) is 0. The summed E-state index contributed by atoms with van der Waals surface area (Å²) in [6.07, 6.45) is 0. The van der Waals surface area contributed by atoms with Crippen molar-refractivity contribution in [3.63, 3.8) is 0 Å². The fourth-order valence-corrected chi connectivity index (χ4v) is 0.899. The smallest absolute Gasteiger partial charge is 0.336 e. The minimum absolute atomic E-state index is 0.0116. The first-order valence-electron chi connectivity index (χ1n) is 3.26. The second-order valence-electron chi connectivity index (χ2n) is 2.28. The second kappa shape index (κ2) is 3.21. The van der Waals surface area contributed by atoms with Gasteiger partial charge in [-0.2, -0.15) is 0 Å². The molecule has 1 aromatic carbocycles. The molecule has 0 unspecified atom stereocenters. The lowest BCUT2D eigenvalue weighted by molar-refractivity contribution is 0.0695. The van der Waals surface area contributed by atoms with Crippen molar-refractivity contribution in [3.8, 4) is 5.75 Å². The SMILES string of the molecule is O=C(O)c1ccc(O)cc1CF. The molecule has 4 heteroatoms. The Bertz CT molecular complexity index is 309. The molecule has 0 heterocycles. The number of alkyl halides is 1. The molecule has 0 aliphatic rings. The Morgan fingerprint density at radius 1 is 1.50 bits per heavy atom. The molecule has 1 aromatic rings. The number of hydrogen-bond donors (Lipinski definition) is 2. The number of carbonyl (C=O) groups is 1. The highest BCUT2D eigenvalue weighted by atomic mass is 19.1. The lowest BCUT2D eigenvalue weighted by atomic mass is 10.1. The molecule has 0 aliphatic heterocycles. The summed E-state index contributed by atoms with van der Waals surface area (Å²) in [5.41, 5.74) is -0.127. The highest BCUT2D eigenvalue weighted by Crippen LogP contribution is 2.17. The molecule has 0 aliphatic carbocycles. The zero-order chi connectivity index (χ0) is 9.14. The van der Waals surface area contributed by atoms with Crippen molar-refractivity contribution in [1.29, 1.82) is 0 Å².